The first kappa shape index (κ1) is 8.06. The third kappa shape index (κ3) is 7.06. The highest BCUT2D eigenvalue weighted by molar-refractivity contribution is 4.99. The molecule has 0 aliphatic rings. The fourth-order valence-electron chi connectivity index (χ4n) is 0.275. The minimum Gasteiger partial charge on any atom is -0.489 e. The average Bonchev–Trinajstić information content (AvgIpc) is 1.89. The second kappa shape index (κ2) is 7.06. The van der Waals surface area contributed by atoms with Crippen molar-refractivity contribution in [2.45, 2.75) is 0 Å². The van der Waals surface area contributed by atoms with Crippen molar-refractivity contribution >= 4 is 0 Å². The monoisotopic (exact) mass is 126 g/mol. The van der Waals surface area contributed by atoms with Crippen LogP contribution in [0, 0.1) is 11.8 Å². The van der Waals surface area contributed by atoms with Crippen molar-refractivity contribution < 1.29 is 9.47 Å². The lowest BCUT2D eigenvalue weighted by molar-refractivity contribution is 0.239. The average molecular weight is 126 g/mol. The van der Waals surface area contributed by atoms with Gasteiger partial charge in [-0.05, 0) is 0 Å². The molecule has 0 aromatic rings. The van der Waals surface area contributed by atoms with E-state index in [1.807, 2.05) is 0 Å². The minimum absolute atomic E-state index is 0.396. The molecule has 0 unspecified atom stereocenters. The van der Waals surface area contributed by atoms with Crippen LogP contribution in [0.15, 0.2) is 12.8 Å². The molecule has 0 bridgehead atoms. The Labute approximate surface area is 55.5 Å². The summed E-state index contributed by atoms with van der Waals surface area (Å²) >= 11 is 0. The summed E-state index contributed by atoms with van der Waals surface area (Å²) in [7, 11) is 1.60. The van der Waals surface area contributed by atoms with Crippen LogP contribution < -0.4 is 0 Å². The molecule has 50 valence electrons. The molecule has 0 atom stereocenters. The summed E-state index contributed by atoms with van der Waals surface area (Å²) in [5, 5.41) is 0. The van der Waals surface area contributed by atoms with Crippen LogP contribution in [0.2, 0.25) is 0 Å². The maximum absolute atomic E-state index is 4.71. The lowest BCUT2D eigenvalue weighted by Gasteiger charge is -1.87. The van der Waals surface area contributed by atoms with Crippen LogP contribution in [0.4, 0.5) is 0 Å². The number of ether oxygens (including phenoxy) is 2. The summed E-state index contributed by atoms with van der Waals surface area (Å²) in [6, 6.07) is 0. The topological polar surface area (TPSA) is 18.5 Å². The Morgan fingerprint density at radius 2 is 2.11 bits per heavy atom. The maximum atomic E-state index is 4.71. The van der Waals surface area contributed by atoms with Crippen molar-refractivity contribution in [3.63, 3.8) is 0 Å². The van der Waals surface area contributed by atoms with Gasteiger partial charge in [0.25, 0.3) is 0 Å². The van der Waals surface area contributed by atoms with E-state index >= 15 is 0 Å². The molecule has 0 saturated carbocycles. The van der Waals surface area contributed by atoms with E-state index in [0.29, 0.717) is 13.2 Å². The first-order chi connectivity index (χ1) is 4.41. The molecule has 0 fully saturated rings. The predicted octanol–water partition coefficient (Wildman–Crippen LogP) is 0.796. The fourth-order valence-corrected chi connectivity index (χ4v) is 0.275. The lowest BCUT2D eigenvalue weighted by Crippen LogP contribution is -1.84. The number of methoxy groups -OCH3 is 1. The number of rotatable bonds is 3. The van der Waals surface area contributed by atoms with Crippen LogP contribution >= 0.6 is 0 Å². The summed E-state index contributed by atoms with van der Waals surface area (Å²) in [5.41, 5.74) is 0. The summed E-state index contributed by atoms with van der Waals surface area (Å²) < 4.78 is 9.38. The van der Waals surface area contributed by atoms with E-state index in [1.165, 1.54) is 6.26 Å². The van der Waals surface area contributed by atoms with Crippen molar-refractivity contribution in [2.75, 3.05) is 20.3 Å². The van der Waals surface area contributed by atoms with E-state index < -0.39 is 0 Å². The molecule has 0 amide bonds. The van der Waals surface area contributed by atoms with Crippen molar-refractivity contribution in [1.82, 2.24) is 0 Å². The Bertz CT molecular complexity index is 119. The SMILES string of the molecule is C=COCC#CCOC. The van der Waals surface area contributed by atoms with Gasteiger partial charge in [0, 0.05) is 7.11 Å². The van der Waals surface area contributed by atoms with Gasteiger partial charge in [-0.25, -0.2) is 0 Å². The Hall–Kier alpha value is -0.940. The molecule has 0 aromatic heterocycles. The third-order valence-electron chi connectivity index (χ3n) is 0.615. The smallest absolute Gasteiger partial charge is 0.148 e. The molecule has 0 radical (unpaired) electrons. The largest absolute Gasteiger partial charge is 0.489 e. The van der Waals surface area contributed by atoms with E-state index in [2.05, 4.69) is 23.2 Å². The van der Waals surface area contributed by atoms with Crippen molar-refractivity contribution in [2.24, 2.45) is 0 Å². The third-order valence-corrected chi connectivity index (χ3v) is 0.615. The van der Waals surface area contributed by atoms with Crippen LogP contribution in [0.5, 0.6) is 0 Å². The molecule has 9 heavy (non-hydrogen) atoms. The highest BCUT2D eigenvalue weighted by Gasteiger charge is 1.69. The Kier molecular flexibility index (Phi) is 6.32. The van der Waals surface area contributed by atoms with Gasteiger partial charge in [-0.15, -0.1) is 0 Å². The van der Waals surface area contributed by atoms with Crippen molar-refractivity contribution in [3.05, 3.63) is 12.8 Å². The molecular formula is C7H10O2. The molecule has 2 heteroatoms. The second-order valence-corrected chi connectivity index (χ2v) is 1.26. The predicted molar refractivity (Wildman–Crippen MR) is 35.8 cm³/mol. The summed E-state index contributed by atoms with van der Waals surface area (Å²) in [4.78, 5) is 0. The van der Waals surface area contributed by atoms with Gasteiger partial charge in [0.1, 0.15) is 13.2 Å². The first-order valence-electron chi connectivity index (χ1n) is 2.59. The molecule has 0 N–H and O–H groups in total. The lowest BCUT2D eigenvalue weighted by atomic mass is 10.6. The zero-order valence-electron chi connectivity index (χ0n) is 5.52. The van der Waals surface area contributed by atoms with Gasteiger partial charge in [0.2, 0.25) is 0 Å². The van der Waals surface area contributed by atoms with Crippen LogP contribution in [0.3, 0.4) is 0 Å². The quantitative estimate of drug-likeness (QED) is 0.316. The minimum atomic E-state index is 0.396. The van der Waals surface area contributed by atoms with Gasteiger partial charge in [-0.3, -0.25) is 0 Å². The van der Waals surface area contributed by atoms with Gasteiger partial charge >= 0.3 is 0 Å². The molecule has 0 aliphatic heterocycles. The highest BCUT2D eigenvalue weighted by atomic mass is 16.5. The molecule has 0 rings (SSSR count). The number of hydrogen-bond acceptors (Lipinski definition) is 2. The zero-order valence-corrected chi connectivity index (χ0v) is 5.52. The van der Waals surface area contributed by atoms with Gasteiger partial charge in [0.15, 0.2) is 0 Å². The van der Waals surface area contributed by atoms with E-state index in [9.17, 15) is 0 Å². The maximum Gasteiger partial charge on any atom is 0.148 e. The first-order valence-corrected chi connectivity index (χ1v) is 2.59. The molecule has 0 heterocycles. The van der Waals surface area contributed by atoms with E-state index in [4.69, 9.17) is 4.74 Å². The molecular weight excluding hydrogens is 116 g/mol. The van der Waals surface area contributed by atoms with Gasteiger partial charge in [-0.1, -0.05) is 18.4 Å². The van der Waals surface area contributed by atoms with Gasteiger partial charge in [-0.2, -0.15) is 0 Å². The Morgan fingerprint density at radius 1 is 1.44 bits per heavy atom. The number of hydrogen-bond donors (Lipinski definition) is 0. The van der Waals surface area contributed by atoms with Crippen molar-refractivity contribution in [1.29, 1.82) is 0 Å². The zero-order chi connectivity index (χ0) is 6.95. The summed E-state index contributed by atoms with van der Waals surface area (Å²) in [6.07, 6.45) is 1.36. The van der Waals surface area contributed by atoms with Crippen LogP contribution in [0.25, 0.3) is 0 Å². The summed E-state index contributed by atoms with van der Waals surface area (Å²) in [5.74, 6) is 5.44. The molecule has 2 nitrogen and oxygen atoms in total. The van der Waals surface area contributed by atoms with Crippen LogP contribution in [-0.4, -0.2) is 20.3 Å². The van der Waals surface area contributed by atoms with E-state index in [0.717, 1.165) is 0 Å². The highest BCUT2D eigenvalue weighted by Crippen LogP contribution is 1.69. The fraction of sp³-hybridized carbons (Fsp3) is 0.429. The molecule has 0 spiro atoms. The van der Waals surface area contributed by atoms with Crippen molar-refractivity contribution in [3.8, 4) is 11.8 Å². The molecule has 0 saturated heterocycles. The van der Waals surface area contributed by atoms with Crippen LogP contribution in [0.1, 0.15) is 0 Å². The summed E-state index contributed by atoms with van der Waals surface area (Å²) in [6.45, 7) is 4.21. The normalized spacial score (nSPS) is 7.22. The molecule has 0 aromatic carbocycles. The van der Waals surface area contributed by atoms with E-state index in [-0.39, 0.29) is 0 Å². The van der Waals surface area contributed by atoms with Crippen LogP contribution in [-0.2, 0) is 9.47 Å². The van der Waals surface area contributed by atoms with Gasteiger partial charge in [0.05, 0.1) is 6.26 Å². The Morgan fingerprint density at radius 3 is 2.67 bits per heavy atom. The van der Waals surface area contributed by atoms with E-state index in [1.54, 1.807) is 7.11 Å². The Balaban J connectivity index is 3.05. The molecule has 0 aliphatic carbocycles. The van der Waals surface area contributed by atoms with Gasteiger partial charge < -0.3 is 9.47 Å². The second-order valence-electron chi connectivity index (χ2n) is 1.26. The standard InChI is InChI=1S/C7H10O2/c1-3-9-7-5-4-6-8-2/h3H,1,6-7H2,2H3.